The third-order valence-corrected chi connectivity index (χ3v) is 2.80. The summed E-state index contributed by atoms with van der Waals surface area (Å²) in [6, 6.07) is 6.78. The van der Waals surface area contributed by atoms with Gasteiger partial charge in [-0.15, -0.1) is 0 Å². The smallest absolute Gasteiger partial charge is 0.337 e. The molecule has 1 fully saturated rings. The number of methoxy groups -OCH3 is 1. The predicted octanol–water partition coefficient (Wildman–Crippen LogP) is 1.18. The van der Waals surface area contributed by atoms with Gasteiger partial charge in [-0.25, -0.2) is 9.18 Å². The van der Waals surface area contributed by atoms with Crippen LogP contribution in [0.15, 0.2) is 24.3 Å². The molecule has 2 rings (SSSR count). The Labute approximate surface area is 99.4 Å². The Hall–Kier alpha value is -1.62. The topological polar surface area (TPSA) is 41.6 Å². The molecular formula is C12H15FN2O2. The molecule has 1 aliphatic rings. The summed E-state index contributed by atoms with van der Waals surface area (Å²) in [6.07, 6.45) is -1.02. The number of halogens is 1. The maximum atomic E-state index is 13.6. The van der Waals surface area contributed by atoms with Crippen LogP contribution in [0, 0.1) is 0 Å². The molecule has 17 heavy (non-hydrogen) atoms. The number of nitrogens with zero attached hydrogens (tertiary/aromatic N) is 1. The Bertz CT molecular complexity index is 394. The van der Waals surface area contributed by atoms with Crippen LogP contribution in [0.2, 0.25) is 0 Å². The fourth-order valence-corrected chi connectivity index (χ4v) is 1.87. The van der Waals surface area contributed by atoms with Crippen molar-refractivity contribution in [2.24, 2.45) is 0 Å². The molecule has 0 radical (unpaired) electrons. The van der Waals surface area contributed by atoms with E-state index in [1.54, 1.807) is 29.2 Å². The van der Waals surface area contributed by atoms with Crippen molar-refractivity contribution in [2.45, 2.75) is 6.30 Å². The molecule has 0 amide bonds. The largest absolute Gasteiger partial charge is 0.465 e. The van der Waals surface area contributed by atoms with Crippen LogP contribution in [0.1, 0.15) is 10.4 Å². The molecule has 1 saturated heterocycles. The fraction of sp³-hybridized carbons (Fsp3) is 0.417. The number of carbonyl (C=O) groups is 1. The number of esters is 1. The molecule has 1 aromatic rings. The van der Waals surface area contributed by atoms with E-state index in [0.717, 1.165) is 12.2 Å². The van der Waals surface area contributed by atoms with Crippen LogP contribution in [0.5, 0.6) is 0 Å². The van der Waals surface area contributed by atoms with Gasteiger partial charge in [0.25, 0.3) is 0 Å². The summed E-state index contributed by atoms with van der Waals surface area (Å²) in [6.45, 7) is 1.72. The van der Waals surface area contributed by atoms with Gasteiger partial charge in [-0.05, 0) is 24.3 Å². The van der Waals surface area contributed by atoms with E-state index in [9.17, 15) is 9.18 Å². The standard InChI is InChI=1S/C12H15FN2O2/c1-17-12(16)9-2-4-10(5-3-9)15-7-6-14-8-11(15)13/h2-5,11,14H,6-8H2,1H3. The number of rotatable bonds is 2. The number of carbonyl (C=O) groups excluding carboxylic acids is 1. The lowest BCUT2D eigenvalue weighted by Gasteiger charge is -2.32. The van der Waals surface area contributed by atoms with E-state index in [0.29, 0.717) is 18.7 Å². The minimum atomic E-state index is -1.02. The second-order valence-corrected chi connectivity index (χ2v) is 3.87. The van der Waals surface area contributed by atoms with E-state index < -0.39 is 6.30 Å². The Morgan fingerprint density at radius 1 is 1.47 bits per heavy atom. The van der Waals surface area contributed by atoms with Gasteiger partial charge in [-0.1, -0.05) is 0 Å². The van der Waals surface area contributed by atoms with Gasteiger partial charge in [0.1, 0.15) is 0 Å². The molecule has 0 saturated carbocycles. The molecule has 5 heteroatoms. The average molecular weight is 238 g/mol. The quantitative estimate of drug-likeness (QED) is 0.620. The first-order valence-electron chi connectivity index (χ1n) is 5.52. The maximum Gasteiger partial charge on any atom is 0.337 e. The molecule has 0 aliphatic carbocycles. The van der Waals surface area contributed by atoms with Crippen molar-refractivity contribution in [1.82, 2.24) is 5.32 Å². The van der Waals surface area contributed by atoms with Gasteiger partial charge < -0.3 is 15.0 Å². The van der Waals surface area contributed by atoms with Crippen LogP contribution in [0.4, 0.5) is 10.1 Å². The zero-order chi connectivity index (χ0) is 12.3. The first-order valence-corrected chi connectivity index (χ1v) is 5.52. The molecule has 1 atom stereocenters. The van der Waals surface area contributed by atoms with Gasteiger partial charge in [-0.2, -0.15) is 0 Å². The summed E-state index contributed by atoms with van der Waals surface area (Å²) < 4.78 is 18.2. The normalized spacial score (nSPS) is 20.1. The molecule has 1 aliphatic heterocycles. The first-order chi connectivity index (χ1) is 8.22. The molecule has 1 aromatic carbocycles. The van der Waals surface area contributed by atoms with Gasteiger partial charge in [0.2, 0.25) is 0 Å². The third-order valence-electron chi connectivity index (χ3n) is 2.80. The highest BCUT2D eigenvalue weighted by Crippen LogP contribution is 2.19. The van der Waals surface area contributed by atoms with Gasteiger partial charge in [0.15, 0.2) is 6.30 Å². The summed E-state index contributed by atoms with van der Waals surface area (Å²) in [7, 11) is 1.34. The van der Waals surface area contributed by atoms with Crippen LogP contribution >= 0.6 is 0 Å². The minimum Gasteiger partial charge on any atom is -0.465 e. The van der Waals surface area contributed by atoms with E-state index in [2.05, 4.69) is 10.1 Å². The SMILES string of the molecule is COC(=O)c1ccc(N2CCNCC2F)cc1. The molecule has 1 unspecified atom stereocenters. The molecule has 0 bridgehead atoms. The molecule has 92 valence electrons. The van der Waals surface area contributed by atoms with Gasteiger partial charge in [0.05, 0.1) is 12.7 Å². The summed E-state index contributed by atoms with van der Waals surface area (Å²) in [4.78, 5) is 12.9. The lowest BCUT2D eigenvalue weighted by atomic mass is 10.2. The van der Waals surface area contributed by atoms with E-state index in [4.69, 9.17) is 0 Å². The third kappa shape index (κ3) is 2.55. The summed E-state index contributed by atoms with van der Waals surface area (Å²) in [5.74, 6) is -0.381. The number of nitrogens with one attached hydrogen (secondary N) is 1. The lowest BCUT2D eigenvalue weighted by molar-refractivity contribution is 0.0601. The number of ether oxygens (including phenoxy) is 1. The number of benzene rings is 1. The van der Waals surface area contributed by atoms with E-state index in [-0.39, 0.29) is 5.97 Å². The molecule has 4 nitrogen and oxygen atoms in total. The Kier molecular flexibility index (Phi) is 3.58. The van der Waals surface area contributed by atoms with Crippen LogP contribution in [0.25, 0.3) is 0 Å². The van der Waals surface area contributed by atoms with Crippen molar-refractivity contribution in [2.75, 3.05) is 31.6 Å². The number of piperazine rings is 1. The second kappa shape index (κ2) is 5.14. The van der Waals surface area contributed by atoms with Crippen molar-refractivity contribution in [1.29, 1.82) is 0 Å². The van der Waals surface area contributed by atoms with Crippen molar-refractivity contribution >= 4 is 11.7 Å². The molecule has 0 spiro atoms. The van der Waals surface area contributed by atoms with Crippen LogP contribution in [0.3, 0.4) is 0 Å². The number of hydrogen-bond donors (Lipinski definition) is 1. The highest BCUT2D eigenvalue weighted by molar-refractivity contribution is 5.89. The molecule has 1 N–H and O–H groups in total. The van der Waals surface area contributed by atoms with Crippen LogP contribution < -0.4 is 10.2 Å². The molecule has 0 aromatic heterocycles. The number of hydrogen-bond acceptors (Lipinski definition) is 4. The zero-order valence-corrected chi connectivity index (χ0v) is 9.65. The summed E-state index contributed by atoms with van der Waals surface area (Å²) in [5, 5.41) is 2.98. The first kappa shape index (κ1) is 11.9. The van der Waals surface area contributed by atoms with Crippen molar-refractivity contribution < 1.29 is 13.9 Å². The lowest BCUT2D eigenvalue weighted by Crippen LogP contribution is -2.49. The van der Waals surface area contributed by atoms with E-state index in [1.165, 1.54) is 7.11 Å². The predicted molar refractivity (Wildman–Crippen MR) is 62.9 cm³/mol. The van der Waals surface area contributed by atoms with Crippen molar-refractivity contribution in [3.63, 3.8) is 0 Å². The van der Waals surface area contributed by atoms with Gasteiger partial charge >= 0.3 is 5.97 Å². The monoisotopic (exact) mass is 238 g/mol. The zero-order valence-electron chi connectivity index (χ0n) is 9.65. The minimum absolute atomic E-state index is 0.332. The number of alkyl halides is 1. The number of anilines is 1. The summed E-state index contributed by atoms with van der Waals surface area (Å²) >= 11 is 0. The highest BCUT2D eigenvalue weighted by atomic mass is 19.1. The Morgan fingerprint density at radius 2 is 2.18 bits per heavy atom. The van der Waals surface area contributed by atoms with Crippen LogP contribution in [-0.4, -0.2) is 39.0 Å². The fourth-order valence-electron chi connectivity index (χ4n) is 1.87. The maximum absolute atomic E-state index is 13.6. The Balaban J connectivity index is 2.14. The van der Waals surface area contributed by atoms with Gasteiger partial charge in [0, 0.05) is 25.3 Å². The van der Waals surface area contributed by atoms with Gasteiger partial charge in [-0.3, -0.25) is 0 Å². The average Bonchev–Trinajstić information content (AvgIpc) is 2.39. The van der Waals surface area contributed by atoms with Crippen molar-refractivity contribution in [3.05, 3.63) is 29.8 Å². The second-order valence-electron chi connectivity index (χ2n) is 3.87. The van der Waals surface area contributed by atoms with Crippen molar-refractivity contribution in [3.8, 4) is 0 Å². The van der Waals surface area contributed by atoms with E-state index in [1.807, 2.05) is 0 Å². The molecular weight excluding hydrogens is 223 g/mol. The molecule has 1 heterocycles. The van der Waals surface area contributed by atoms with Crippen LogP contribution in [-0.2, 0) is 4.74 Å². The summed E-state index contributed by atoms with van der Waals surface area (Å²) in [5.41, 5.74) is 1.26. The van der Waals surface area contributed by atoms with E-state index >= 15 is 0 Å². The Morgan fingerprint density at radius 3 is 2.76 bits per heavy atom. The highest BCUT2D eigenvalue weighted by Gasteiger charge is 2.21.